The molecule has 1 N–H and O–H groups in total. The number of rotatable bonds is 13. The van der Waals surface area contributed by atoms with Crippen LogP contribution in [-0.4, -0.2) is 28.9 Å². The number of carbonyl (C=O) groups is 2. The fraction of sp³-hybridized carbons (Fsp3) is 0.362. The monoisotopic (exact) mass is 686 g/mol. The maximum atomic E-state index is 13.2. The zero-order valence-electron chi connectivity index (χ0n) is 32.4. The largest absolute Gasteiger partial charge is 0.385 e. The Bertz CT molecular complexity index is 1770. The number of carbonyl (C=O) groups excluding carboxylic acids is 2. The van der Waals surface area contributed by atoms with Crippen molar-refractivity contribution in [3.05, 3.63) is 166 Å². The number of Topliss-reactive ketones (excluding diaryl/α,β-unsaturated/α-hetero) is 2. The second-order valence-electron chi connectivity index (χ2n) is 15.2. The minimum absolute atomic E-state index is 0.0760. The quantitative estimate of drug-likeness (QED) is 0.210. The van der Waals surface area contributed by atoms with Crippen molar-refractivity contribution in [1.82, 2.24) is 0 Å². The highest BCUT2D eigenvalue weighted by Crippen LogP contribution is 2.41. The van der Waals surface area contributed by atoms with Gasteiger partial charge in [-0.25, -0.2) is 0 Å². The second kappa shape index (κ2) is 18.7. The predicted octanol–water partition coefficient (Wildman–Crippen LogP) is 11.1. The highest BCUT2D eigenvalue weighted by Gasteiger charge is 2.38. The molecular weight excluding hydrogens is 629 g/mol. The van der Waals surface area contributed by atoms with Crippen molar-refractivity contribution >= 4 is 11.6 Å². The lowest BCUT2D eigenvalue weighted by Crippen LogP contribution is -2.37. The molecule has 270 valence electrons. The number of benzene rings is 1. The molecule has 0 saturated carbocycles. The molecule has 2 atom stereocenters. The molecular formula is C47H58O4. The van der Waals surface area contributed by atoms with Crippen LogP contribution >= 0.6 is 0 Å². The first-order valence-electron chi connectivity index (χ1n) is 17.9. The number of hydrogen-bond donors (Lipinski definition) is 1. The second-order valence-corrected chi connectivity index (χ2v) is 15.2. The van der Waals surface area contributed by atoms with Gasteiger partial charge < -0.3 is 9.84 Å². The highest BCUT2D eigenvalue weighted by molar-refractivity contribution is 6.01. The van der Waals surface area contributed by atoms with Crippen molar-refractivity contribution < 1.29 is 19.4 Å². The summed E-state index contributed by atoms with van der Waals surface area (Å²) in [7, 11) is 0. The van der Waals surface area contributed by atoms with Crippen LogP contribution in [0.15, 0.2) is 160 Å². The van der Waals surface area contributed by atoms with Crippen LogP contribution < -0.4 is 0 Å². The molecule has 0 radical (unpaired) electrons. The molecule has 51 heavy (non-hydrogen) atoms. The van der Waals surface area contributed by atoms with E-state index in [0.29, 0.717) is 25.0 Å². The lowest BCUT2D eigenvalue weighted by atomic mass is 9.71. The third-order valence-electron chi connectivity index (χ3n) is 9.59. The number of allylic oxidation sites excluding steroid dienone is 20. The molecule has 4 heteroatoms. The number of ketones is 2. The van der Waals surface area contributed by atoms with E-state index < -0.39 is 12.2 Å². The van der Waals surface area contributed by atoms with E-state index in [4.69, 9.17) is 4.74 Å². The van der Waals surface area contributed by atoms with Gasteiger partial charge in [0.25, 0.3) is 0 Å². The van der Waals surface area contributed by atoms with Gasteiger partial charge in [0.05, 0.1) is 6.61 Å². The van der Waals surface area contributed by atoms with Gasteiger partial charge in [-0.2, -0.15) is 0 Å². The number of hydrogen-bond acceptors (Lipinski definition) is 4. The van der Waals surface area contributed by atoms with Gasteiger partial charge in [0, 0.05) is 0 Å². The molecule has 1 aromatic rings. The topological polar surface area (TPSA) is 63.6 Å². The molecule has 2 unspecified atom stereocenters. The Balaban J connectivity index is 1.53. The summed E-state index contributed by atoms with van der Waals surface area (Å²) in [5.74, 6) is -0.0968. The molecule has 1 aromatic carbocycles. The predicted molar refractivity (Wildman–Crippen MR) is 214 cm³/mol. The third-order valence-corrected chi connectivity index (χ3v) is 9.59. The minimum Gasteiger partial charge on any atom is -0.385 e. The first-order chi connectivity index (χ1) is 24.0. The fourth-order valence-electron chi connectivity index (χ4n) is 6.50. The standard InChI is InChI=1S/C47H58O4/c1-33(20-16-22-35(3)26-28-40-37(5)44(49)42(48)30-46(40,7)8)18-14-15-19-34(2)21-17-23-36(4)27-29-41-38(6)45(50)43(31-47(41,9)10)51-32-39-24-12-11-13-25-39/h11-29,42-43,48H,30-32H2,1-10H3/b15-14+,20-16+,21-17+,28-26+,29-27+,33-18+,34-19+,35-22+,36-23+. The molecule has 0 bridgehead atoms. The van der Waals surface area contributed by atoms with E-state index in [2.05, 4.69) is 91.0 Å². The van der Waals surface area contributed by atoms with Crippen LogP contribution in [0.4, 0.5) is 0 Å². The summed E-state index contributed by atoms with van der Waals surface area (Å²) in [5, 5.41) is 10.1. The maximum absolute atomic E-state index is 13.2. The van der Waals surface area contributed by atoms with Crippen LogP contribution in [0.1, 0.15) is 87.6 Å². The first kappa shape index (κ1) is 41.0. The number of ether oxygens (including phenoxy) is 1. The summed E-state index contributed by atoms with van der Waals surface area (Å²) in [6.45, 7) is 20.9. The van der Waals surface area contributed by atoms with Crippen LogP contribution in [0.25, 0.3) is 0 Å². The van der Waals surface area contributed by atoms with Crippen LogP contribution in [0.3, 0.4) is 0 Å². The summed E-state index contributed by atoms with van der Waals surface area (Å²) < 4.78 is 6.08. The van der Waals surface area contributed by atoms with Gasteiger partial charge in [-0.05, 0) is 93.1 Å². The minimum atomic E-state index is -0.907. The van der Waals surface area contributed by atoms with Crippen molar-refractivity contribution in [3.8, 4) is 0 Å². The Hall–Kier alpha value is -4.38. The van der Waals surface area contributed by atoms with Gasteiger partial charge in [-0.1, -0.05) is 165 Å². The molecule has 0 aromatic heterocycles. The van der Waals surface area contributed by atoms with Gasteiger partial charge in [0.15, 0.2) is 11.6 Å². The van der Waals surface area contributed by atoms with Crippen LogP contribution in [0, 0.1) is 10.8 Å². The van der Waals surface area contributed by atoms with Crippen molar-refractivity contribution in [1.29, 1.82) is 0 Å². The van der Waals surface area contributed by atoms with Crippen molar-refractivity contribution in [3.63, 3.8) is 0 Å². The van der Waals surface area contributed by atoms with E-state index >= 15 is 0 Å². The van der Waals surface area contributed by atoms with E-state index in [-0.39, 0.29) is 22.4 Å². The first-order valence-corrected chi connectivity index (χ1v) is 17.9. The molecule has 0 fully saturated rings. The maximum Gasteiger partial charge on any atom is 0.187 e. The van der Waals surface area contributed by atoms with Gasteiger partial charge >= 0.3 is 0 Å². The number of aliphatic hydroxyl groups excluding tert-OH is 1. The van der Waals surface area contributed by atoms with Crippen LogP contribution in [-0.2, 0) is 20.9 Å². The molecule has 0 heterocycles. The smallest absolute Gasteiger partial charge is 0.187 e. The van der Waals surface area contributed by atoms with E-state index in [1.54, 1.807) is 6.92 Å². The summed E-state index contributed by atoms with van der Waals surface area (Å²) in [5.41, 5.74) is 8.57. The van der Waals surface area contributed by atoms with E-state index in [1.807, 2.05) is 86.7 Å². The summed E-state index contributed by atoms with van der Waals surface area (Å²) in [6, 6.07) is 9.99. The zero-order valence-corrected chi connectivity index (χ0v) is 32.4. The van der Waals surface area contributed by atoms with Crippen molar-refractivity contribution in [2.24, 2.45) is 10.8 Å². The van der Waals surface area contributed by atoms with E-state index in [1.165, 1.54) is 0 Å². The lowest BCUT2D eigenvalue weighted by molar-refractivity contribution is -0.130. The van der Waals surface area contributed by atoms with Crippen molar-refractivity contribution in [2.45, 2.75) is 101 Å². The van der Waals surface area contributed by atoms with Gasteiger partial charge in [-0.3, -0.25) is 9.59 Å². The molecule has 2 aliphatic carbocycles. The Morgan fingerprint density at radius 1 is 0.667 bits per heavy atom. The normalized spacial score (nSPS) is 22.7. The Morgan fingerprint density at radius 3 is 1.61 bits per heavy atom. The molecule has 4 nitrogen and oxygen atoms in total. The lowest BCUT2D eigenvalue weighted by Gasteiger charge is -2.36. The summed E-state index contributed by atoms with van der Waals surface area (Å²) in [4.78, 5) is 25.5. The summed E-state index contributed by atoms with van der Waals surface area (Å²) in [6.07, 6.45) is 28.5. The van der Waals surface area contributed by atoms with Gasteiger partial charge in [0.1, 0.15) is 12.2 Å². The van der Waals surface area contributed by atoms with E-state index in [0.717, 1.165) is 44.6 Å². The molecule has 3 rings (SSSR count). The molecule has 0 saturated heterocycles. The van der Waals surface area contributed by atoms with Crippen molar-refractivity contribution in [2.75, 3.05) is 0 Å². The zero-order chi connectivity index (χ0) is 37.8. The number of aliphatic hydroxyl groups is 1. The Kier molecular flexibility index (Phi) is 15.1. The SMILES string of the molecule is CC1=C(/C=C/C(C)=C/C=C/C(C)=C/C=C/C=C(C)/C=C/C=C(C)/C=C/C2=C(C)C(=O)C(OCc3ccccc3)CC2(C)C)C(C)(C)CC(O)C1=O. The third kappa shape index (κ3) is 12.4. The Morgan fingerprint density at radius 2 is 1.10 bits per heavy atom. The fourth-order valence-corrected chi connectivity index (χ4v) is 6.50. The Labute approximate surface area is 307 Å². The average molecular weight is 687 g/mol. The van der Waals surface area contributed by atoms with Gasteiger partial charge in [0.2, 0.25) is 0 Å². The highest BCUT2D eigenvalue weighted by atomic mass is 16.5. The molecule has 0 aliphatic heterocycles. The molecule has 0 amide bonds. The van der Waals surface area contributed by atoms with Crippen LogP contribution in [0.5, 0.6) is 0 Å². The summed E-state index contributed by atoms with van der Waals surface area (Å²) >= 11 is 0. The molecule has 0 spiro atoms. The van der Waals surface area contributed by atoms with Gasteiger partial charge in [-0.15, -0.1) is 0 Å². The van der Waals surface area contributed by atoms with Crippen LogP contribution in [0.2, 0.25) is 0 Å². The molecule has 2 aliphatic rings. The average Bonchev–Trinajstić information content (AvgIpc) is 3.06. The van der Waals surface area contributed by atoms with E-state index in [9.17, 15) is 14.7 Å².